The topological polar surface area (TPSA) is 136 Å². The SMILES string of the molecule is Cc1cnc(CNC(=O)c2cccc(NN)c2[N+](=O)[O-])o1. The Labute approximate surface area is 119 Å². The van der Waals surface area contributed by atoms with Crippen LogP contribution in [0.2, 0.25) is 0 Å². The molecule has 9 nitrogen and oxygen atoms in total. The van der Waals surface area contributed by atoms with E-state index in [1.807, 2.05) is 0 Å². The predicted octanol–water partition coefficient (Wildman–Crippen LogP) is 1.11. The Morgan fingerprint density at radius 1 is 1.52 bits per heavy atom. The van der Waals surface area contributed by atoms with Crippen molar-refractivity contribution in [2.45, 2.75) is 13.5 Å². The van der Waals surface area contributed by atoms with Crippen molar-refractivity contribution in [2.24, 2.45) is 5.84 Å². The summed E-state index contributed by atoms with van der Waals surface area (Å²) in [4.78, 5) is 26.4. The van der Waals surface area contributed by atoms with Crippen LogP contribution in [0.3, 0.4) is 0 Å². The molecule has 0 radical (unpaired) electrons. The molecule has 2 aromatic rings. The maximum Gasteiger partial charge on any atom is 0.306 e. The molecule has 1 amide bonds. The molecule has 0 aliphatic carbocycles. The highest BCUT2D eigenvalue weighted by Gasteiger charge is 2.24. The van der Waals surface area contributed by atoms with E-state index in [0.717, 1.165) is 0 Å². The lowest BCUT2D eigenvalue weighted by molar-refractivity contribution is -0.384. The first-order chi connectivity index (χ1) is 10.0. The summed E-state index contributed by atoms with van der Waals surface area (Å²) < 4.78 is 5.20. The molecule has 0 aliphatic heterocycles. The highest BCUT2D eigenvalue weighted by atomic mass is 16.6. The van der Waals surface area contributed by atoms with Crippen LogP contribution in [0.1, 0.15) is 22.0 Å². The molecule has 0 aliphatic rings. The molecule has 0 spiro atoms. The zero-order chi connectivity index (χ0) is 15.4. The van der Waals surface area contributed by atoms with Crippen molar-refractivity contribution in [3.63, 3.8) is 0 Å². The van der Waals surface area contributed by atoms with Gasteiger partial charge in [0.1, 0.15) is 17.0 Å². The molecule has 0 saturated heterocycles. The van der Waals surface area contributed by atoms with E-state index in [4.69, 9.17) is 10.3 Å². The van der Waals surface area contributed by atoms with Crippen molar-refractivity contribution in [2.75, 3.05) is 5.43 Å². The van der Waals surface area contributed by atoms with Gasteiger partial charge < -0.3 is 15.2 Å². The van der Waals surface area contributed by atoms with Gasteiger partial charge in [-0.2, -0.15) is 0 Å². The first-order valence-electron chi connectivity index (χ1n) is 5.96. The van der Waals surface area contributed by atoms with Crippen LogP contribution in [0.15, 0.2) is 28.8 Å². The number of anilines is 1. The fourth-order valence-corrected chi connectivity index (χ4v) is 1.77. The normalized spacial score (nSPS) is 10.2. The summed E-state index contributed by atoms with van der Waals surface area (Å²) in [7, 11) is 0. The summed E-state index contributed by atoms with van der Waals surface area (Å²) in [5.74, 6) is 5.53. The Bertz CT molecular complexity index is 682. The lowest BCUT2D eigenvalue weighted by Crippen LogP contribution is -2.24. The third kappa shape index (κ3) is 3.15. The number of carbonyl (C=O) groups is 1. The zero-order valence-electron chi connectivity index (χ0n) is 11.1. The quantitative estimate of drug-likeness (QED) is 0.426. The van der Waals surface area contributed by atoms with Crippen LogP contribution < -0.4 is 16.6 Å². The molecule has 1 aromatic carbocycles. The number of hydrazine groups is 1. The third-order valence-corrected chi connectivity index (χ3v) is 2.69. The molecule has 0 saturated carbocycles. The van der Waals surface area contributed by atoms with Gasteiger partial charge in [-0.3, -0.25) is 20.8 Å². The first-order valence-corrected chi connectivity index (χ1v) is 5.96. The largest absolute Gasteiger partial charge is 0.444 e. The predicted molar refractivity (Wildman–Crippen MR) is 73.3 cm³/mol. The Hall–Kier alpha value is -2.94. The minimum atomic E-state index is -0.667. The van der Waals surface area contributed by atoms with E-state index in [-0.39, 0.29) is 23.5 Å². The van der Waals surface area contributed by atoms with Gasteiger partial charge in [0.25, 0.3) is 5.91 Å². The van der Waals surface area contributed by atoms with E-state index in [1.54, 1.807) is 6.92 Å². The van der Waals surface area contributed by atoms with Gasteiger partial charge in [-0.15, -0.1) is 0 Å². The number of amides is 1. The number of hydrogen-bond acceptors (Lipinski definition) is 7. The monoisotopic (exact) mass is 291 g/mol. The number of aromatic nitrogens is 1. The number of nitrogens with two attached hydrogens (primary N) is 1. The highest BCUT2D eigenvalue weighted by Crippen LogP contribution is 2.27. The number of nitrogen functional groups attached to an aromatic ring is 1. The van der Waals surface area contributed by atoms with Gasteiger partial charge in [-0.05, 0) is 19.1 Å². The van der Waals surface area contributed by atoms with Crippen LogP contribution in [0.4, 0.5) is 11.4 Å². The van der Waals surface area contributed by atoms with Gasteiger partial charge in [-0.25, -0.2) is 4.98 Å². The molecule has 0 unspecified atom stereocenters. The number of nitro benzene ring substituents is 1. The third-order valence-electron chi connectivity index (χ3n) is 2.69. The maximum absolute atomic E-state index is 12.1. The van der Waals surface area contributed by atoms with Gasteiger partial charge >= 0.3 is 5.69 Å². The molecule has 0 bridgehead atoms. The van der Waals surface area contributed by atoms with Crippen molar-refractivity contribution < 1.29 is 14.1 Å². The van der Waals surface area contributed by atoms with Crippen molar-refractivity contribution in [3.8, 4) is 0 Å². The number of benzene rings is 1. The number of hydrogen-bond donors (Lipinski definition) is 3. The summed E-state index contributed by atoms with van der Waals surface area (Å²) >= 11 is 0. The lowest BCUT2D eigenvalue weighted by atomic mass is 10.1. The number of para-hydroxylation sites is 1. The van der Waals surface area contributed by atoms with Crippen LogP contribution >= 0.6 is 0 Å². The van der Waals surface area contributed by atoms with Gasteiger partial charge in [0, 0.05) is 0 Å². The second kappa shape index (κ2) is 6.01. The Morgan fingerprint density at radius 2 is 2.29 bits per heavy atom. The number of nitro groups is 1. The molecule has 4 N–H and O–H groups in total. The molecule has 2 rings (SSSR count). The average molecular weight is 291 g/mol. The van der Waals surface area contributed by atoms with Crippen LogP contribution in [0, 0.1) is 17.0 Å². The van der Waals surface area contributed by atoms with E-state index in [9.17, 15) is 14.9 Å². The van der Waals surface area contributed by atoms with Crippen molar-refractivity contribution >= 4 is 17.3 Å². The van der Waals surface area contributed by atoms with Gasteiger partial charge in [0.2, 0.25) is 5.89 Å². The smallest absolute Gasteiger partial charge is 0.306 e. The summed E-state index contributed by atoms with van der Waals surface area (Å²) in [6, 6.07) is 4.24. The summed E-state index contributed by atoms with van der Waals surface area (Å²) in [5.41, 5.74) is 1.77. The number of rotatable bonds is 5. The van der Waals surface area contributed by atoms with Crippen molar-refractivity contribution in [1.82, 2.24) is 10.3 Å². The van der Waals surface area contributed by atoms with Crippen LogP contribution in [-0.4, -0.2) is 15.8 Å². The molecule has 110 valence electrons. The second-order valence-corrected chi connectivity index (χ2v) is 4.15. The number of aryl methyl sites for hydroxylation is 1. The zero-order valence-corrected chi connectivity index (χ0v) is 11.1. The number of nitrogens with zero attached hydrogens (tertiary/aromatic N) is 2. The number of oxazole rings is 1. The minimum Gasteiger partial charge on any atom is -0.444 e. The fourth-order valence-electron chi connectivity index (χ4n) is 1.77. The van der Waals surface area contributed by atoms with Gasteiger partial charge in [0.15, 0.2) is 0 Å². The lowest BCUT2D eigenvalue weighted by Gasteiger charge is -2.07. The summed E-state index contributed by atoms with van der Waals surface area (Å²) in [6.45, 7) is 1.75. The van der Waals surface area contributed by atoms with Gasteiger partial charge in [-0.1, -0.05) is 6.07 Å². The molecule has 1 heterocycles. The van der Waals surface area contributed by atoms with Crippen molar-refractivity contribution in [1.29, 1.82) is 0 Å². The van der Waals surface area contributed by atoms with E-state index in [2.05, 4.69) is 15.7 Å². The van der Waals surface area contributed by atoms with E-state index in [0.29, 0.717) is 11.7 Å². The maximum atomic E-state index is 12.1. The highest BCUT2D eigenvalue weighted by molar-refractivity contribution is 6.00. The van der Waals surface area contributed by atoms with E-state index >= 15 is 0 Å². The molecule has 21 heavy (non-hydrogen) atoms. The number of carbonyl (C=O) groups excluding carboxylic acids is 1. The van der Waals surface area contributed by atoms with Crippen LogP contribution in [0.25, 0.3) is 0 Å². The Kier molecular flexibility index (Phi) is 4.14. The van der Waals surface area contributed by atoms with Crippen LogP contribution in [0.5, 0.6) is 0 Å². The van der Waals surface area contributed by atoms with Gasteiger partial charge in [0.05, 0.1) is 17.7 Å². The molecule has 0 fully saturated rings. The minimum absolute atomic E-state index is 0.0319. The van der Waals surface area contributed by atoms with Crippen LogP contribution in [-0.2, 0) is 6.54 Å². The number of nitrogens with one attached hydrogen (secondary N) is 2. The molecular weight excluding hydrogens is 278 g/mol. The Balaban J connectivity index is 2.20. The van der Waals surface area contributed by atoms with E-state index in [1.165, 1.54) is 24.4 Å². The average Bonchev–Trinajstić information content (AvgIpc) is 2.89. The first kappa shape index (κ1) is 14.5. The second-order valence-electron chi connectivity index (χ2n) is 4.15. The Morgan fingerprint density at radius 3 is 2.86 bits per heavy atom. The van der Waals surface area contributed by atoms with E-state index < -0.39 is 10.8 Å². The standard InChI is InChI=1S/C12H13N5O4/c1-7-5-14-10(21-7)6-15-12(18)8-3-2-4-9(16-13)11(8)17(19)20/h2-5,16H,6,13H2,1H3,(H,15,18). The summed E-state index contributed by atoms with van der Waals surface area (Å²) in [5, 5.41) is 13.6. The van der Waals surface area contributed by atoms with Crippen molar-refractivity contribution in [3.05, 3.63) is 51.7 Å². The molecule has 9 heteroatoms. The molecular formula is C12H13N5O4. The fraction of sp³-hybridized carbons (Fsp3) is 0.167. The summed E-state index contributed by atoms with van der Waals surface area (Å²) in [6.07, 6.45) is 1.52. The molecule has 0 atom stereocenters. The molecule has 1 aromatic heterocycles.